The second-order valence-electron chi connectivity index (χ2n) is 6.57. The first kappa shape index (κ1) is 20.1. The molecule has 0 saturated heterocycles. The Morgan fingerprint density at radius 2 is 1.59 bits per heavy atom. The van der Waals surface area contributed by atoms with Crippen LogP contribution in [0.25, 0.3) is 20.2 Å². The molecule has 0 fully saturated rings. The van der Waals surface area contributed by atoms with Gasteiger partial charge in [0.1, 0.15) is 5.75 Å². The number of fused-ring (bicyclic) bond motifs is 2. The van der Waals surface area contributed by atoms with Crippen LogP contribution in [-0.4, -0.2) is 6.61 Å². The molecule has 0 spiro atoms. The fourth-order valence-electron chi connectivity index (χ4n) is 3.20. The Labute approximate surface area is 187 Å². The van der Waals surface area contributed by atoms with E-state index < -0.39 is 0 Å². The first-order chi connectivity index (χ1) is 14.2. The summed E-state index contributed by atoms with van der Waals surface area (Å²) >= 11 is 7.18. The summed E-state index contributed by atoms with van der Waals surface area (Å²) in [6.07, 6.45) is 0.911. The summed E-state index contributed by atoms with van der Waals surface area (Å²) in [5, 5.41) is 4.79. The van der Waals surface area contributed by atoms with Crippen molar-refractivity contribution in [2.24, 2.45) is 0 Å². The van der Waals surface area contributed by atoms with E-state index in [1.165, 1.54) is 30.6 Å². The highest BCUT2D eigenvalue weighted by atomic mass is 79.9. The molecule has 0 radical (unpaired) electrons. The van der Waals surface area contributed by atoms with Gasteiger partial charge in [0.25, 0.3) is 0 Å². The average Bonchev–Trinajstić information content (AvgIpc) is 3.37. The van der Waals surface area contributed by atoms with Gasteiger partial charge in [0.05, 0.1) is 6.61 Å². The number of thiophene rings is 2. The molecule has 0 amide bonds. The van der Waals surface area contributed by atoms with Crippen molar-refractivity contribution in [3.8, 4) is 5.75 Å². The highest BCUT2D eigenvalue weighted by Crippen LogP contribution is 2.31. The minimum atomic E-state index is 0.695. The number of hydrogen-bond donors (Lipinski definition) is 0. The fourth-order valence-corrected chi connectivity index (χ4v) is 5.49. The van der Waals surface area contributed by atoms with Crippen LogP contribution in [0.2, 0.25) is 0 Å². The first-order valence-electron chi connectivity index (χ1n) is 9.54. The summed E-state index contributed by atoms with van der Waals surface area (Å²) in [7, 11) is 0. The predicted molar refractivity (Wildman–Crippen MR) is 132 cm³/mol. The standard InChI is InChI=1S/C17H15BrOS.C8H6S/c1-2-19-16-8-7-14(18)9-13(16)11-15-10-12-5-3-4-6-17(12)20-15;1-2-4-8-7(3-1)5-6-9-8/h3-10H,2,11H2,1H3;1-6H. The van der Waals surface area contributed by atoms with Crippen LogP contribution >= 0.6 is 38.6 Å². The molecular formula is C25H21BrOS2. The van der Waals surface area contributed by atoms with E-state index in [1.807, 2.05) is 30.4 Å². The molecule has 29 heavy (non-hydrogen) atoms. The van der Waals surface area contributed by atoms with Gasteiger partial charge in [-0.3, -0.25) is 0 Å². The van der Waals surface area contributed by atoms with Crippen LogP contribution in [0.15, 0.2) is 88.7 Å². The Hall–Kier alpha value is -2.14. The van der Waals surface area contributed by atoms with Gasteiger partial charge in [0, 0.05) is 30.7 Å². The Kier molecular flexibility index (Phi) is 6.65. The summed E-state index contributed by atoms with van der Waals surface area (Å²) in [4.78, 5) is 1.37. The third kappa shape index (κ3) is 5.08. The maximum absolute atomic E-state index is 5.72. The van der Waals surface area contributed by atoms with Crippen molar-refractivity contribution < 1.29 is 4.74 Å². The Morgan fingerprint density at radius 3 is 2.34 bits per heavy atom. The van der Waals surface area contributed by atoms with Gasteiger partial charge in [-0.25, -0.2) is 0 Å². The topological polar surface area (TPSA) is 9.23 Å². The largest absolute Gasteiger partial charge is 0.494 e. The van der Waals surface area contributed by atoms with E-state index in [1.54, 1.807) is 11.3 Å². The summed E-state index contributed by atoms with van der Waals surface area (Å²) in [6.45, 7) is 2.71. The normalized spacial score (nSPS) is 10.7. The Bertz CT molecular complexity index is 1160. The summed E-state index contributed by atoms with van der Waals surface area (Å²) in [5.41, 5.74) is 1.23. The van der Waals surface area contributed by atoms with Crippen molar-refractivity contribution in [1.29, 1.82) is 0 Å². The first-order valence-corrected chi connectivity index (χ1v) is 12.0. The second-order valence-corrected chi connectivity index (χ2v) is 9.60. The maximum atomic E-state index is 5.72. The van der Waals surface area contributed by atoms with Gasteiger partial charge in [0.2, 0.25) is 0 Å². The minimum absolute atomic E-state index is 0.695. The number of rotatable bonds is 4. The lowest BCUT2D eigenvalue weighted by molar-refractivity contribution is 0.337. The number of hydrogen-bond acceptors (Lipinski definition) is 3. The van der Waals surface area contributed by atoms with E-state index in [4.69, 9.17) is 4.74 Å². The van der Waals surface area contributed by atoms with Crippen molar-refractivity contribution in [2.75, 3.05) is 6.61 Å². The lowest BCUT2D eigenvalue weighted by Crippen LogP contribution is -1.96. The van der Waals surface area contributed by atoms with E-state index in [0.717, 1.165) is 16.6 Å². The van der Waals surface area contributed by atoms with E-state index in [9.17, 15) is 0 Å². The van der Waals surface area contributed by atoms with E-state index in [-0.39, 0.29) is 0 Å². The SMILES string of the molecule is CCOc1ccc(Br)cc1Cc1cc2ccccc2s1.c1ccc2sccc2c1. The number of ether oxygens (including phenoxy) is 1. The Balaban J connectivity index is 0.000000188. The monoisotopic (exact) mass is 480 g/mol. The molecule has 0 unspecified atom stereocenters. The van der Waals surface area contributed by atoms with Crippen molar-refractivity contribution in [2.45, 2.75) is 13.3 Å². The highest BCUT2D eigenvalue weighted by Gasteiger charge is 2.08. The van der Waals surface area contributed by atoms with Gasteiger partial charge >= 0.3 is 0 Å². The zero-order chi connectivity index (χ0) is 20.1. The molecule has 1 nitrogen and oxygen atoms in total. The van der Waals surface area contributed by atoms with Gasteiger partial charge in [-0.2, -0.15) is 0 Å². The van der Waals surface area contributed by atoms with Gasteiger partial charge in [-0.1, -0.05) is 52.3 Å². The number of halogens is 1. The van der Waals surface area contributed by atoms with Crippen LogP contribution in [0, 0.1) is 0 Å². The molecular weight excluding hydrogens is 460 g/mol. The molecule has 0 aliphatic heterocycles. The molecule has 3 aromatic carbocycles. The third-order valence-corrected chi connectivity index (χ3v) is 7.03. The molecule has 5 aromatic rings. The zero-order valence-corrected chi connectivity index (χ0v) is 19.3. The molecule has 0 N–H and O–H groups in total. The van der Waals surface area contributed by atoms with Crippen molar-refractivity contribution in [3.63, 3.8) is 0 Å². The smallest absolute Gasteiger partial charge is 0.122 e. The third-order valence-electron chi connectivity index (χ3n) is 4.53. The molecule has 0 aliphatic rings. The van der Waals surface area contributed by atoms with E-state index >= 15 is 0 Å². The van der Waals surface area contributed by atoms with E-state index in [0.29, 0.717) is 6.61 Å². The van der Waals surface area contributed by atoms with Crippen LogP contribution in [0.3, 0.4) is 0 Å². The molecule has 146 valence electrons. The molecule has 4 heteroatoms. The molecule has 0 bridgehead atoms. The van der Waals surface area contributed by atoms with Gasteiger partial charge in [-0.05, 0) is 65.5 Å². The van der Waals surface area contributed by atoms with Gasteiger partial charge in [-0.15, -0.1) is 22.7 Å². The van der Waals surface area contributed by atoms with Crippen LogP contribution in [0.1, 0.15) is 17.4 Å². The molecule has 0 atom stereocenters. The highest BCUT2D eigenvalue weighted by molar-refractivity contribution is 9.10. The summed E-state index contributed by atoms with van der Waals surface area (Å²) in [6, 6.07) is 27.5. The molecule has 2 heterocycles. The maximum Gasteiger partial charge on any atom is 0.122 e. The lowest BCUT2D eigenvalue weighted by atomic mass is 10.1. The summed E-state index contributed by atoms with van der Waals surface area (Å²) in [5.74, 6) is 0.980. The second kappa shape index (κ2) is 9.57. The number of benzene rings is 3. The fraction of sp³-hybridized carbons (Fsp3) is 0.120. The van der Waals surface area contributed by atoms with Gasteiger partial charge < -0.3 is 4.74 Å². The van der Waals surface area contributed by atoms with Crippen molar-refractivity contribution >= 4 is 58.8 Å². The minimum Gasteiger partial charge on any atom is -0.494 e. The van der Waals surface area contributed by atoms with Crippen LogP contribution in [0.5, 0.6) is 5.75 Å². The zero-order valence-electron chi connectivity index (χ0n) is 16.1. The molecule has 0 saturated carbocycles. The molecule has 2 aromatic heterocycles. The molecule has 5 rings (SSSR count). The average molecular weight is 481 g/mol. The van der Waals surface area contributed by atoms with E-state index in [2.05, 4.69) is 88.0 Å². The van der Waals surface area contributed by atoms with Gasteiger partial charge in [0.15, 0.2) is 0 Å². The quantitative estimate of drug-likeness (QED) is 0.250. The molecule has 0 aliphatic carbocycles. The van der Waals surface area contributed by atoms with Crippen molar-refractivity contribution in [3.05, 3.63) is 99.2 Å². The van der Waals surface area contributed by atoms with Crippen LogP contribution < -0.4 is 4.74 Å². The Morgan fingerprint density at radius 1 is 0.828 bits per heavy atom. The lowest BCUT2D eigenvalue weighted by Gasteiger charge is -2.09. The summed E-state index contributed by atoms with van der Waals surface area (Å²) < 4.78 is 9.53. The van der Waals surface area contributed by atoms with Crippen molar-refractivity contribution in [1.82, 2.24) is 0 Å². The van der Waals surface area contributed by atoms with Crippen LogP contribution in [0.4, 0.5) is 0 Å². The predicted octanol–water partition coefficient (Wildman–Crippen LogP) is 8.55. The van der Waals surface area contributed by atoms with Crippen LogP contribution in [-0.2, 0) is 6.42 Å².